The first-order valence-electron chi connectivity index (χ1n) is 5.94. The molecule has 1 rings (SSSR count). The van der Waals surface area contributed by atoms with Crippen molar-refractivity contribution in [3.05, 3.63) is 24.3 Å². The first-order valence-corrected chi connectivity index (χ1v) is 7.42. The third kappa shape index (κ3) is 4.81. The number of hydrogen-bond donors (Lipinski definition) is 4. The summed E-state index contributed by atoms with van der Waals surface area (Å²) in [6.45, 7) is 2.48. The molecule has 4 N–H and O–H groups in total. The summed E-state index contributed by atoms with van der Waals surface area (Å²) in [7, 11) is -4.10. The molecule has 0 unspecified atom stereocenters. The van der Waals surface area contributed by atoms with Crippen LogP contribution in [0.25, 0.3) is 0 Å². The fourth-order valence-corrected chi connectivity index (χ4v) is 2.77. The molecular weight excluding hydrogens is 300 g/mol. The van der Waals surface area contributed by atoms with Gasteiger partial charge >= 0.3 is 5.97 Å². The van der Waals surface area contributed by atoms with Gasteiger partial charge in [0.05, 0.1) is 11.0 Å². The predicted octanol–water partition coefficient (Wildman–Crippen LogP) is -0.243. The van der Waals surface area contributed by atoms with Gasteiger partial charge in [0.1, 0.15) is 6.04 Å². The van der Waals surface area contributed by atoms with E-state index in [0.29, 0.717) is 5.69 Å². The summed E-state index contributed by atoms with van der Waals surface area (Å²) >= 11 is 0. The topological polar surface area (TPSA) is 133 Å². The number of sulfonamides is 1. The number of nitrogens with one attached hydrogen (secondary N) is 2. The molecule has 0 spiro atoms. The molecule has 1 amide bonds. The quantitative estimate of drug-likeness (QED) is 0.572. The third-order valence-corrected chi connectivity index (χ3v) is 3.97. The van der Waals surface area contributed by atoms with Gasteiger partial charge in [-0.15, -0.1) is 0 Å². The number of anilines is 1. The van der Waals surface area contributed by atoms with Crippen molar-refractivity contribution in [3.63, 3.8) is 0 Å². The van der Waals surface area contributed by atoms with Crippen molar-refractivity contribution < 1.29 is 28.2 Å². The van der Waals surface area contributed by atoms with E-state index < -0.39 is 28.1 Å². The highest BCUT2D eigenvalue weighted by molar-refractivity contribution is 7.89. The van der Waals surface area contributed by atoms with Gasteiger partial charge in [-0.25, -0.2) is 8.42 Å². The maximum absolute atomic E-state index is 12.0. The molecule has 0 bridgehead atoms. The van der Waals surface area contributed by atoms with Crippen LogP contribution >= 0.6 is 0 Å². The maximum Gasteiger partial charge on any atom is 0.324 e. The second-order valence-electron chi connectivity index (χ2n) is 4.38. The number of aliphatic hydroxyl groups is 1. The summed E-state index contributed by atoms with van der Waals surface area (Å²) in [5.41, 5.74) is 0.409. The zero-order valence-corrected chi connectivity index (χ0v) is 12.2. The van der Waals surface area contributed by atoms with Crippen molar-refractivity contribution in [1.82, 2.24) is 4.72 Å². The lowest BCUT2D eigenvalue weighted by molar-refractivity contribution is -0.141. The molecule has 2 atom stereocenters. The molecule has 0 saturated heterocycles. The number of aliphatic carboxylic acids is 1. The Morgan fingerprint density at radius 2 is 1.71 bits per heavy atom. The van der Waals surface area contributed by atoms with Crippen LogP contribution in [0, 0.1) is 0 Å². The molecule has 0 fully saturated rings. The lowest BCUT2D eigenvalue weighted by Crippen LogP contribution is -2.47. The first-order chi connectivity index (χ1) is 9.63. The fraction of sp³-hybridized carbons (Fsp3) is 0.333. The Morgan fingerprint density at radius 3 is 2.10 bits per heavy atom. The van der Waals surface area contributed by atoms with E-state index >= 15 is 0 Å². The van der Waals surface area contributed by atoms with Gasteiger partial charge in [0.25, 0.3) is 0 Å². The van der Waals surface area contributed by atoms with Crippen LogP contribution in [0.4, 0.5) is 5.69 Å². The van der Waals surface area contributed by atoms with E-state index in [0.717, 1.165) is 0 Å². The predicted molar refractivity (Wildman–Crippen MR) is 74.2 cm³/mol. The van der Waals surface area contributed by atoms with Crippen LogP contribution in [0.3, 0.4) is 0 Å². The van der Waals surface area contributed by atoms with E-state index in [9.17, 15) is 23.1 Å². The van der Waals surface area contributed by atoms with Gasteiger partial charge < -0.3 is 15.5 Å². The summed E-state index contributed by atoms with van der Waals surface area (Å²) in [6, 6.07) is 3.52. The highest BCUT2D eigenvalue weighted by atomic mass is 32.2. The van der Waals surface area contributed by atoms with Crippen LogP contribution in [-0.2, 0) is 19.6 Å². The lowest BCUT2D eigenvalue weighted by Gasteiger charge is -2.17. The second kappa shape index (κ2) is 6.66. The molecule has 9 heteroatoms. The van der Waals surface area contributed by atoms with E-state index in [4.69, 9.17) is 5.11 Å². The normalized spacial score (nSPS) is 14.2. The van der Waals surface area contributed by atoms with Crippen molar-refractivity contribution in [3.8, 4) is 0 Å². The Morgan fingerprint density at radius 1 is 1.19 bits per heavy atom. The van der Waals surface area contributed by atoms with Crippen LogP contribution in [0.15, 0.2) is 29.2 Å². The number of amides is 1. The highest BCUT2D eigenvalue weighted by Crippen LogP contribution is 2.14. The molecular formula is C12H16N2O6S. The van der Waals surface area contributed by atoms with E-state index in [1.807, 2.05) is 4.72 Å². The molecule has 1 aromatic carbocycles. The zero-order chi connectivity index (χ0) is 16.2. The number of carboxylic acid groups (broad SMARTS) is 1. The van der Waals surface area contributed by atoms with Crippen LogP contribution in [0.5, 0.6) is 0 Å². The molecule has 1 aromatic rings. The number of carbonyl (C=O) groups is 2. The molecule has 116 valence electrons. The minimum atomic E-state index is -4.10. The summed E-state index contributed by atoms with van der Waals surface area (Å²) in [5.74, 6) is -1.78. The van der Waals surface area contributed by atoms with Gasteiger partial charge in [-0.1, -0.05) is 0 Å². The number of carbonyl (C=O) groups excluding carboxylic acids is 1. The molecule has 0 aromatic heterocycles. The zero-order valence-electron chi connectivity index (χ0n) is 11.4. The van der Waals surface area contributed by atoms with Crippen molar-refractivity contribution in [2.45, 2.75) is 30.9 Å². The van der Waals surface area contributed by atoms with Crippen LogP contribution < -0.4 is 10.0 Å². The molecule has 0 radical (unpaired) electrons. The molecule has 0 saturated carbocycles. The molecule has 0 aliphatic heterocycles. The van der Waals surface area contributed by atoms with Crippen LogP contribution in [0.1, 0.15) is 13.8 Å². The van der Waals surface area contributed by atoms with Crippen LogP contribution in [0.2, 0.25) is 0 Å². The number of rotatable bonds is 6. The van der Waals surface area contributed by atoms with E-state index in [-0.39, 0.29) is 10.8 Å². The Kier molecular flexibility index (Phi) is 5.41. The number of hydrogen-bond acceptors (Lipinski definition) is 5. The minimum Gasteiger partial charge on any atom is -0.480 e. The minimum absolute atomic E-state index is 0.177. The van der Waals surface area contributed by atoms with Crippen molar-refractivity contribution >= 4 is 27.6 Å². The molecule has 8 nitrogen and oxygen atoms in total. The summed E-state index contributed by atoms with van der Waals surface area (Å²) in [5, 5.41) is 20.6. The van der Waals surface area contributed by atoms with Gasteiger partial charge in [-0.3, -0.25) is 9.59 Å². The SMILES string of the molecule is CC(=O)Nc1ccc(S(=O)(=O)N[C@H](C(=O)O)[C@@H](C)O)cc1. The highest BCUT2D eigenvalue weighted by Gasteiger charge is 2.29. The van der Waals surface area contributed by atoms with Gasteiger partial charge in [0.15, 0.2) is 0 Å². The molecule has 21 heavy (non-hydrogen) atoms. The van der Waals surface area contributed by atoms with Crippen LogP contribution in [-0.4, -0.2) is 42.7 Å². The van der Waals surface area contributed by atoms with E-state index in [2.05, 4.69) is 5.32 Å². The van der Waals surface area contributed by atoms with Gasteiger partial charge in [0.2, 0.25) is 15.9 Å². The Hall–Kier alpha value is -1.97. The maximum atomic E-state index is 12.0. The summed E-state index contributed by atoms with van der Waals surface area (Å²) < 4.78 is 25.9. The lowest BCUT2D eigenvalue weighted by atomic mass is 10.2. The first kappa shape index (κ1) is 17.1. The average molecular weight is 316 g/mol. The van der Waals surface area contributed by atoms with Gasteiger partial charge in [0, 0.05) is 12.6 Å². The van der Waals surface area contributed by atoms with Crippen molar-refractivity contribution in [1.29, 1.82) is 0 Å². The molecule has 0 aliphatic carbocycles. The Labute approximate surface area is 121 Å². The Balaban J connectivity index is 2.97. The average Bonchev–Trinajstić information content (AvgIpc) is 2.35. The largest absolute Gasteiger partial charge is 0.480 e. The summed E-state index contributed by atoms with van der Waals surface area (Å²) in [4.78, 5) is 21.6. The third-order valence-electron chi connectivity index (χ3n) is 2.52. The van der Waals surface area contributed by atoms with E-state index in [1.54, 1.807) is 0 Å². The smallest absolute Gasteiger partial charge is 0.324 e. The van der Waals surface area contributed by atoms with E-state index in [1.165, 1.54) is 38.1 Å². The number of carboxylic acids is 1. The number of aliphatic hydroxyl groups excluding tert-OH is 1. The monoisotopic (exact) mass is 316 g/mol. The fourth-order valence-electron chi connectivity index (χ4n) is 1.51. The second-order valence-corrected chi connectivity index (χ2v) is 6.10. The van der Waals surface area contributed by atoms with Crippen molar-refractivity contribution in [2.24, 2.45) is 0 Å². The summed E-state index contributed by atoms with van der Waals surface area (Å²) in [6.07, 6.45) is -1.39. The standard InChI is InChI=1S/C12H16N2O6S/c1-7(15)11(12(17)18)14-21(19,20)10-5-3-9(4-6-10)13-8(2)16/h3-7,11,14-15H,1-2H3,(H,13,16)(H,17,18)/t7-,11+/m1/s1. The number of benzene rings is 1. The Bertz CT molecular complexity index is 624. The van der Waals surface area contributed by atoms with Gasteiger partial charge in [-0.05, 0) is 31.2 Å². The molecule has 0 heterocycles. The van der Waals surface area contributed by atoms with Gasteiger partial charge in [-0.2, -0.15) is 4.72 Å². The van der Waals surface area contributed by atoms with Crippen molar-refractivity contribution in [2.75, 3.05) is 5.32 Å². The molecule has 0 aliphatic rings.